The molecule has 0 radical (unpaired) electrons. The van der Waals surface area contributed by atoms with Gasteiger partial charge in [0.15, 0.2) is 6.67 Å². The van der Waals surface area contributed by atoms with Crippen LogP contribution in [0.4, 0.5) is 0 Å². The molecule has 0 atom stereocenters. The maximum absolute atomic E-state index is 4.34. The van der Waals surface area contributed by atoms with Crippen molar-refractivity contribution in [2.75, 3.05) is 0 Å². The number of hydrogen-bond donors (Lipinski definition) is 0. The molecule has 0 aromatic carbocycles. The molecule has 0 saturated heterocycles. The molecule has 0 saturated carbocycles. The van der Waals surface area contributed by atoms with Gasteiger partial charge in [0.1, 0.15) is 13.1 Å². The van der Waals surface area contributed by atoms with Crippen molar-refractivity contribution < 1.29 is 9.13 Å². The fourth-order valence-corrected chi connectivity index (χ4v) is 2.62. The number of nitrogens with zero attached hydrogens (tertiary/aromatic N) is 6. The van der Waals surface area contributed by atoms with Crippen LogP contribution in [0.5, 0.6) is 0 Å². The molecule has 25 heavy (non-hydrogen) atoms. The van der Waals surface area contributed by atoms with E-state index in [1.807, 2.05) is 91.8 Å². The van der Waals surface area contributed by atoms with Gasteiger partial charge in [0, 0.05) is 12.4 Å². The van der Waals surface area contributed by atoms with Crippen molar-refractivity contribution in [1.29, 1.82) is 0 Å². The Morgan fingerprint density at radius 2 is 1.28 bits per heavy atom. The van der Waals surface area contributed by atoms with Gasteiger partial charge in [0.05, 0.1) is 11.4 Å². The van der Waals surface area contributed by atoms with Gasteiger partial charge < -0.3 is 18.3 Å². The highest BCUT2D eigenvalue weighted by Gasteiger charge is 2.02. The van der Waals surface area contributed by atoms with E-state index in [9.17, 15) is 0 Å². The summed E-state index contributed by atoms with van der Waals surface area (Å²) in [5, 5.41) is 0. The molecule has 0 aliphatic heterocycles. The summed E-state index contributed by atoms with van der Waals surface area (Å²) in [6.45, 7) is 2.08. The molecule has 0 unspecified atom stereocenters. The Morgan fingerprint density at radius 3 is 1.72 bits per heavy atom. The van der Waals surface area contributed by atoms with Crippen LogP contribution in [0.25, 0.3) is 0 Å². The molecule has 6 heteroatoms. The van der Waals surface area contributed by atoms with Gasteiger partial charge in [-0.3, -0.25) is 9.97 Å². The summed E-state index contributed by atoms with van der Waals surface area (Å²) in [6, 6.07) is 11.9. The lowest BCUT2D eigenvalue weighted by molar-refractivity contribution is -0.693. The van der Waals surface area contributed by atoms with Gasteiger partial charge in [-0.25, -0.2) is 0 Å². The minimum absolute atomic E-state index is 0.657. The number of rotatable bonds is 6. The van der Waals surface area contributed by atoms with Gasteiger partial charge >= 0.3 is 0 Å². The molecular weight excluding hydrogens is 312 g/mol. The summed E-state index contributed by atoms with van der Waals surface area (Å²) >= 11 is 0. The van der Waals surface area contributed by atoms with Crippen molar-refractivity contribution in [1.82, 2.24) is 19.1 Å². The lowest BCUT2D eigenvalue weighted by Crippen LogP contribution is -2.33. The highest BCUT2D eigenvalue weighted by Crippen LogP contribution is 1.95. The van der Waals surface area contributed by atoms with E-state index in [0.29, 0.717) is 19.8 Å². The maximum atomic E-state index is 4.34. The molecule has 0 fully saturated rings. The van der Waals surface area contributed by atoms with Crippen LogP contribution in [0.3, 0.4) is 0 Å². The average Bonchev–Trinajstić information content (AvgIpc) is 3.27. The van der Waals surface area contributed by atoms with E-state index in [4.69, 9.17) is 0 Å². The molecule has 0 bridgehead atoms. The molecule has 0 aliphatic rings. The van der Waals surface area contributed by atoms with E-state index < -0.39 is 0 Å². The van der Waals surface area contributed by atoms with E-state index in [-0.39, 0.29) is 0 Å². The first-order valence-electron chi connectivity index (χ1n) is 8.11. The first-order valence-corrected chi connectivity index (χ1v) is 8.11. The van der Waals surface area contributed by atoms with Gasteiger partial charge in [-0.15, -0.1) is 0 Å². The largest absolute Gasteiger partial charge is 0.346 e. The third-order valence-electron chi connectivity index (χ3n) is 3.79. The Bertz CT molecular complexity index is 849. The van der Waals surface area contributed by atoms with Crippen LogP contribution in [0.15, 0.2) is 73.6 Å². The molecule has 4 heterocycles. The van der Waals surface area contributed by atoms with Crippen molar-refractivity contribution in [3.63, 3.8) is 0 Å². The van der Waals surface area contributed by atoms with Crippen molar-refractivity contribution in [2.24, 2.45) is 0 Å². The third-order valence-corrected chi connectivity index (χ3v) is 3.79. The van der Waals surface area contributed by atoms with E-state index >= 15 is 0 Å². The summed E-state index contributed by atoms with van der Waals surface area (Å²) in [7, 11) is 0. The van der Waals surface area contributed by atoms with Crippen LogP contribution < -0.4 is 9.13 Å². The molecular formula is C19H18N6. The van der Waals surface area contributed by atoms with Crippen LogP contribution in [-0.2, 0) is 19.8 Å². The van der Waals surface area contributed by atoms with Crippen LogP contribution in [0, 0.1) is 12.7 Å². The Morgan fingerprint density at radius 1 is 0.760 bits per heavy atom. The quantitative estimate of drug-likeness (QED) is 0.389. The van der Waals surface area contributed by atoms with Crippen LogP contribution in [0.1, 0.15) is 11.4 Å². The van der Waals surface area contributed by atoms with E-state index in [1.54, 1.807) is 0 Å². The summed E-state index contributed by atoms with van der Waals surface area (Å²) < 4.78 is 7.97. The maximum Gasteiger partial charge on any atom is 0.207 e. The van der Waals surface area contributed by atoms with Gasteiger partial charge in [-0.2, -0.15) is 0 Å². The van der Waals surface area contributed by atoms with E-state index in [0.717, 1.165) is 11.4 Å². The fourth-order valence-electron chi connectivity index (χ4n) is 2.62. The highest BCUT2D eigenvalue weighted by atomic mass is 15.2. The minimum Gasteiger partial charge on any atom is -0.346 e. The minimum atomic E-state index is 0.657. The second-order valence-electron chi connectivity index (χ2n) is 5.78. The molecule has 0 aliphatic carbocycles. The number of imidazole rings is 2. The molecule has 0 spiro atoms. The fraction of sp³-hybridized carbons (Fsp3) is 0.158. The lowest BCUT2D eigenvalue weighted by atomic mass is 10.3. The summed E-state index contributed by atoms with van der Waals surface area (Å²) in [5.74, 6) is 0. The van der Waals surface area contributed by atoms with Gasteiger partial charge in [0.2, 0.25) is 12.7 Å². The van der Waals surface area contributed by atoms with Gasteiger partial charge in [-0.05, 0) is 49.1 Å². The Labute approximate surface area is 146 Å². The van der Waals surface area contributed by atoms with Crippen LogP contribution in [0.2, 0.25) is 0 Å². The predicted molar refractivity (Wildman–Crippen MR) is 89.0 cm³/mol. The molecule has 4 aromatic heterocycles. The topological polar surface area (TPSA) is 43.4 Å². The molecule has 4 rings (SSSR count). The van der Waals surface area contributed by atoms with Crippen molar-refractivity contribution >= 4 is 0 Å². The third kappa shape index (κ3) is 3.98. The van der Waals surface area contributed by atoms with E-state index in [2.05, 4.69) is 22.6 Å². The zero-order valence-corrected chi connectivity index (χ0v) is 13.7. The SMILES string of the molecule is [c-]1n(Cn2[c-][n+](Cc3ccccn3)cc2)cc[n+]1Cc1ccccn1. The Balaban J connectivity index is 1.39. The van der Waals surface area contributed by atoms with Crippen molar-refractivity contribution in [3.8, 4) is 0 Å². The summed E-state index contributed by atoms with van der Waals surface area (Å²) in [6.07, 6.45) is 18.2. The van der Waals surface area contributed by atoms with Gasteiger partial charge in [-0.1, -0.05) is 12.1 Å². The first-order chi connectivity index (χ1) is 12.3. The standard InChI is InChI=1S/C19H18N6/c1-3-7-20-18(5-1)13-22-9-11-24(15-22)17-25-12-10-23(16-25)14-19-6-2-4-8-21-19/h1-12H,13-14,17H2. The second kappa shape index (κ2) is 7.09. The van der Waals surface area contributed by atoms with Crippen molar-refractivity contribution in [3.05, 3.63) is 97.6 Å². The molecule has 0 amide bonds. The van der Waals surface area contributed by atoms with E-state index in [1.165, 1.54) is 0 Å². The van der Waals surface area contributed by atoms with Crippen LogP contribution >= 0.6 is 0 Å². The number of aromatic nitrogens is 6. The average molecular weight is 330 g/mol. The Hall–Kier alpha value is -3.28. The van der Waals surface area contributed by atoms with Crippen LogP contribution in [-0.4, -0.2) is 19.1 Å². The molecule has 6 nitrogen and oxygen atoms in total. The number of pyridine rings is 2. The Kier molecular flexibility index (Phi) is 4.33. The molecule has 4 aromatic rings. The first kappa shape index (κ1) is 15.3. The smallest absolute Gasteiger partial charge is 0.207 e. The highest BCUT2D eigenvalue weighted by molar-refractivity contribution is 5.02. The normalized spacial score (nSPS) is 10.9. The lowest BCUT2D eigenvalue weighted by Gasteiger charge is -2.02. The zero-order valence-electron chi connectivity index (χ0n) is 13.7. The molecule has 0 N–H and O–H groups in total. The van der Waals surface area contributed by atoms with Gasteiger partial charge in [0.25, 0.3) is 0 Å². The predicted octanol–water partition coefficient (Wildman–Crippen LogP) is 0.857. The van der Waals surface area contributed by atoms with Crippen molar-refractivity contribution in [2.45, 2.75) is 19.8 Å². The molecule has 124 valence electrons. The summed E-state index contributed by atoms with van der Waals surface area (Å²) in [5.41, 5.74) is 2.03. The summed E-state index contributed by atoms with van der Waals surface area (Å²) in [4.78, 5) is 8.68. The number of hydrogen-bond acceptors (Lipinski definition) is 2. The monoisotopic (exact) mass is 330 g/mol. The second-order valence-corrected chi connectivity index (χ2v) is 5.78. The zero-order chi connectivity index (χ0) is 16.9.